The van der Waals surface area contributed by atoms with Crippen LogP contribution in [0.4, 0.5) is 0 Å². The maximum atomic E-state index is 10.4. The molecule has 0 aromatic heterocycles. The van der Waals surface area contributed by atoms with E-state index in [1.54, 1.807) is 0 Å². The van der Waals surface area contributed by atoms with Crippen LogP contribution in [0.3, 0.4) is 0 Å². The second-order valence-electron chi connectivity index (χ2n) is 2.91. The van der Waals surface area contributed by atoms with Gasteiger partial charge in [-0.1, -0.05) is 6.58 Å². The molecule has 0 rings (SSSR count). The topological polar surface area (TPSA) is 132 Å². The van der Waals surface area contributed by atoms with Crippen molar-refractivity contribution in [2.45, 2.75) is 0 Å². The Morgan fingerprint density at radius 3 is 2.56 bits per heavy atom. The van der Waals surface area contributed by atoms with E-state index in [0.717, 1.165) is 12.3 Å². The summed E-state index contributed by atoms with van der Waals surface area (Å²) in [4.78, 5) is 9.55. The van der Waals surface area contributed by atoms with Crippen molar-refractivity contribution in [2.75, 3.05) is 5.75 Å². The fraction of sp³-hybridized carbons (Fsp3) is 0.111. The third-order valence-corrected chi connectivity index (χ3v) is 2.02. The van der Waals surface area contributed by atoms with E-state index in [-0.39, 0.29) is 17.1 Å². The van der Waals surface area contributed by atoms with Gasteiger partial charge in [0.25, 0.3) is 5.70 Å². The van der Waals surface area contributed by atoms with E-state index < -0.39 is 21.8 Å². The molecule has 1 atom stereocenters. The molecule has 8 nitrogen and oxygen atoms in total. The van der Waals surface area contributed by atoms with Crippen LogP contribution < -0.4 is 5.43 Å². The van der Waals surface area contributed by atoms with Gasteiger partial charge in [-0.2, -0.15) is 5.10 Å². The highest BCUT2D eigenvalue weighted by Crippen LogP contribution is 1.96. The van der Waals surface area contributed by atoms with Crippen molar-refractivity contribution in [3.8, 4) is 0 Å². The van der Waals surface area contributed by atoms with Crippen LogP contribution in [0, 0.1) is 15.5 Å². The molecule has 0 fully saturated rings. The van der Waals surface area contributed by atoms with Crippen LogP contribution in [0.25, 0.3) is 0 Å². The number of rotatable bonds is 8. The quantitative estimate of drug-likeness (QED) is 0.216. The fourth-order valence-corrected chi connectivity index (χ4v) is 1.05. The number of nitrogens with zero attached hydrogens (tertiary/aromatic N) is 2. The van der Waals surface area contributed by atoms with Crippen molar-refractivity contribution < 1.29 is 13.7 Å². The van der Waals surface area contributed by atoms with Gasteiger partial charge < -0.3 is 9.96 Å². The van der Waals surface area contributed by atoms with Gasteiger partial charge >= 0.3 is 0 Å². The van der Waals surface area contributed by atoms with Gasteiger partial charge in [0.05, 0.1) is 16.4 Å². The average Bonchev–Trinajstić information content (AvgIpc) is 2.30. The second-order valence-corrected chi connectivity index (χ2v) is 3.81. The second kappa shape index (κ2) is 8.03. The molecule has 0 amide bonds. The Morgan fingerprint density at radius 1 is 1.50 bits per heavy atom. The first-order valence-corrected chi connectivity index (χ1v) is 5.70. The highest BCUT2D eigenvalue weighted by Gasteiger charge is 2.00. The van der Waals surface area contributed by atoms with E-state index in [4.69, 9.17) is 5.41 Å². The minimum atomic E-state index is -2.35. The van der Waals surface area contributed by atoms with Crippen molar-refractivity contribution in [3.05, 3.63) is 46.8 Å². The van der Waals surface area contributed by atoms with Gasteiger partial charge in [0.2, 0.25) is 0 Å². The molecule has 0 aromatic rings. The Bertz CT molecular complexity index is 455. The third kappa shape index (κ3) is 7.19. The van der Waals surface area contributed by atoms with Crippen molar-refractivity contribution in [1.29, 1.82) is 5.41 Å². The molecule has 0 spiro atoms. The molecule has 0 radical (unpaired) electrons. The lowest BCUT2D eigenvalue weighted by molar-refractivity contribution is -0.418. The monoisotopic (exact) mass is 271 g/mol. The largest absolute Gasteiger partial charge is 0.772 e. The molecule has 1 unspecified atom stereocenters. The first-order chi connectivity index (χ1) is 8.36. The Balaban J connectivity index is 4.44. The lowest BCUT2D eigenvalue weighted by Gasteiger charge is -2.05. The van der Waals surface area contributed by atoms with Crippen LogP contribution in [0.2, 0.25) is 0 Å². The van der Waals surface area contributed by atoms with Crippen LogP contribution in [0.1, 0.15) is 0 Å². The number of hydrogen-bond donors (Lipinski definition) is 2. The third-order valence-electron chi connectivity index (χ3n) is 1.49. The van der Waals surface area contributed by atoms with Gasteiger partial charge in [-0.15, -0.1) is 0 Å². The molecule has 9 heteroatoms. The lowest BCUT2D eigenvalue weighted by Crippen LogP contribution is -2.16. The molecule has 18 heavy (non-hydrogen) atoms. The van der Waals surface area contributed by atoms with Crippen LogP contribution >= 0.6 is 0 Å². The Labute approximate surface area is 106 Å². The zero-order valence-corrected chi connectivity index (χ0v) is 10.1. The molecule has 0 aliphatic rings. The number of nitrogens with one attached hydrogen (secondary N) is 2. The summed E-state index contributed by atoms with van der Waals surface area (Å²) < 4.78 is 20.7. The van der Waals surface area contributed by atoms with Crippen molar-refractivity contribution >= 4 is 23.0 Å². The first-order valence-electron chi connectivity index (χ1n) is 4.46. The number of hydrogen-bond acceptors (Lipinski definition) is 7. The summed E-state index contributed by atoms with van der Waals surface area (Å²) in [6.45, 7) is 6.64. The standard InChI is InChI=1S/C9H12N4O4S/c1-7(3-4-8(2)13(14)15)11-12-9(5-10)6-18(16)17/h3-5,10-11H,1-2,6H2,(H,16,17)/p-1/b4-3-,10-5?,12-9?. The minimum Gasteiger partial charge on any atom is -0.772 e. The summed E-state index contributed by atoms with van der Waals surface area (Å²) in [5.41, 5.74) is 2.19. The molecular weight excluding hydrogens is 260 g/mol. The Kier molecular flexibility index (Phi) is 7.08. The zero-order chi connectivity index (χ0) is 14.1. The van der Waals surface area contributed by atoms with E-state index in [9.17, 15) is 18.9 Å². The predicted molar refractivity (Wildman–Crippen MR) is 67.6 cm³/mol. The summed E-state index contributed by atoms with van der Waals surface area (Å²) in [6, 6.07) is 0. The van der Waals surface area contributed by atoms with Gasteiger partial charge in [0.1, 0.15) is 0 Å². The zero-order valence-electron chi connectivity index (χ0n) is 9.29. The summed E-state index contributed by atoms with van der Waals surface area (Å²) in [5.74, 6) is -0.408. The maximum absolute atomic E-state index is 10.4. The molecule has 0 saturated heterocycles. The Morgan fingerprint density at radius 2 is 2.11 bits per heavy atom. The van der Waals surface area contributed by atoms with E-state index in [1.807, 2.05) is 0 Å². The van der Waals surface area contributed by atoms with Crippen molar-refractivity contribution in [1.82, 2.24) is 5.43 Å². The van der Waals surface area contributed by atoms with E-state index in [0.29, 0.717) is 0 Å². The SMILES string of the molecule is C=C(/C=C\C(=C)[N+](=O)[O-])NN=C(C=N)CS(=O)[O-]. The summed E-state index contributed by atoms with van der Waals surface area (Å²) >= 11 is -2.35. The van der Waals surface area contributed by atoms with E-state index >= 15 is 0 Å². The molecule has 0 aliphatic carbocycles. The van der Waals surface area contributed by atoms with Gasteiger partial charge in [0.15, 0.2) is 0 Å². The van der Waals surface area contributed by atoms with Crippen molar-refractivity contribution in [2.24, 2.45) is 5.10 Å². The highest BCUT2D eigenvalue weighted by molar-refractivity contribution is 7.80. The van der Waals surface area contributed by atoms with Crippen molar-refractivity contribution in [3.63, 3.8) is 0 Å². The highest BCUT2D eigenvalue weighted by atomic mass is 32.2. The molecule has 0 saturated carbocycles. The van der Waals surface area contributed by atoms with Crippen LogP contribution in [-0.4, -0.2) is 31.4 Å². The normalized spacial score (nSPS) is 13.1. The molecule has 0 bridgehead atoms. The minimum absolute atomic E-state index is 0.0222. The number of allylic oxidation sites excluding steroid dienone is 2. The van der Waals surface area contributed by atoms with Gasteiger partial charge in [-0.05, 0) is 23.7 Å². The molecular formula is C9H11N4O4S-. The van der Waals surface area contributed by atoms with Gasteiger partial charge in [0, 0.05) is 18.0 Å². The molecule has 2 N–H and O–H groups in total. The van der Waals surface area contributed by atoms with Crippen LogP contribution in [0.5, 0.6) is 0 Å². The smallest absolute Gasteiger partial charge is 0.262 e. The van der Waals surface area contributed by atoms with Crippen LogP contribution in [0.15, 0.2) is 41.8 Å². The molecule has 0 aromatic carbocycles. The number of hydrazone groups is 1. The fourth-order valence-electron chi connectivity index (χ4n) is 0.665. The Hall–Kier alpha value is -2.13. The number of nitro groups is 1. The van der Waals surface area contributed by atoms with Crippen LogP contribution in [-0.2, 0) is 11.1 Å². The summed E-state index contributed by atoms with van der Waals surface area (Å²) in [7, 11) is 0. The molecule has 0 aliphatic heterocycles. The van der Waals surface area contributed by atoms with Gasteiger partial charge in [-0.25, -0.2) is 0 Å². The van der Waals surface area contributed by atoms with E-state index in [2.05, 4.69) is 23.7 Å². The molecule has 0 heterocycles. The summed E-state index contributed by atoms with van der Waals surface area (Å²) in [6.07, 6.45) is 3.14. The predicted octanol–water partition coefficient (Wildman–Crippen LogP) is 0.321. The van der Waals surface area contributed by atoms with Gasteiger partial charge in [-0.3, -0.25) is 19.7 Å². The maximum Gasteiger partial charge on any atom is 0.262 e. The molecule has 98 valence electrons. The van der Waals surface area contributed by atoms with E-state index in [1.165, 1.54) is 6.08 Å². The average molecular weight is 271 g/mol. The summed E-state index contributed by atoms with van der Waals surface area (Å²) in [5, 5.41) is 20.7. The lowest BCUT2D eigenvalue weighted by atomic mass is 10.4. The first kappa shape index (κ1) is 15.9.